The maximum absolute atomic E-state index is 12.4. The number of piperazine rings is 1. The maximum Gasteiger partial charge on any atom is 0.257 e. The number of amides is 1. The van der Waals surface area contributed by atoms with Crippen molar-refractivity contribution in [3.63, 3.8) is 0 Å². The van der Waals surface area contributed by atoms with Crippen molar-refractivity contribution in [1.82, 2.24) is 34.9 Å². The molecule has 0 radical (unpaired) electrons. The Kier molecular flexibility index (Phi) is 5.44. The molecule has 1 atom stereocenters. The van der Waals surface area contributed by atoms with E-state index in [1.165, 1.54) is 5.56 Å². The first-order valence-electron chi connectivity index (χ1n) is 12.1. The molecule has 4 heterocycles. The summed E-state index contributed by atoms with van der Waals surface area (Å²) < 4.78 is 5.27. The van der Waals surface area contributed by atoms with E-state index in [0.717, 1.165) is 61.4 Å². The molecule has 1 saturated heterocycles. The van der Waals surface area contributed by atoms with Crippen LogP contribution in [0.15, 0.2) is 41.1 Å². The number of nitrogens with one attached hydrogen (secondary N) is 2. The maximum atomic E-state index is 12.4. The van der Waals surface area contributed by atoms with Gasteiger partial charge in [-0.2, -0.15) is 4.98 Å². The normalized spacial score (nSPS) is 17.6. The summed E-state index contributed by atoms with van der Waals surface area (Å²) in [5, 5.41) is 7.15. The number of hydrogen-bond acceptors (Lipinski definition) is 8. The van der Waals surface area contributed by atoms with Crippen molar-refractivity contribution in [3.05, 3.63) is 47.9 Å². The van der Waals surface area contributed by atoms with Gasteiger partial charge in [0, 0.05) is 49.9 Å². The predicted octanol–water partition coefficient (Wildman–Crippen LogP) is 3.68. The molecular weight excluding hydrogens is 444 g/mol. The van der Waals surface area contributed by atoms with E-state index >= 15 is 0 Å². The molecular formula is C25H28N8O2. The van der Waals surface area contributed by atoms with Crippen LogP contribution in [0.4, 0.5) is 11.8 Å². The Morgan fingerprint density at radius 1 is 1.14 bits per heavy atom. The van der Waals surface area contributed by atoms with Gasteiger partial charge >= 0.3 is 0 Å². The minimum Gasteiger partial charge on any atom is -0.340 e. The van der Waals surface area contributed by atoms with E-state index in [1.54, 1.807) is 6.92 Å². The highest BCUT2D eigenvalue weighted by atomic mass is 16.5. The number of fused-ring (bicyclic) bond motifs is 1. The van der Waals surface area contributed by atoms with Gasteiger partial charge in [-0.3, -0.25) is 9.69 Å². The van der Waals surface area contributed by atoms with Crippen molar-refractivity contribution in [2.75, 3.05) is 31.5 Å². The number of aromatic nitrogens is 5. The summed E-state index contributed by atoms with van der Waals surface area (Å²) in [6.07, 6.45) is 3.94. The third kappa shape index (κ3) is 4.49. The molecule has 10 heteroatoms. The summed E-state index contributed by atoms with van der Waals surface area (Å²) in [4.78, 5) is 33.5. The third-order valence-electron chi connectivity index (χ3n) is 6.87. The standard InChI is InChI=1S/C25H28N8O2/c1-15(32-9-11-33(12-10-32)24(34)17-3-4-17)18-7-8-26-22(14-18)30-25-28-20-6-5-19(13-21(20)29-25)23-27-16(2)31-35-23/h5-8,13-15,17H,3-4,9-12H2,1-2H3,(H2,26,28,29,30). The van der Waals surface area contributed by atoms with Gasteiger partial charge in [-0.25, -0.2) is 9.97 Å². The molecule has 6 rings (SSSR count). The van der Waals surface area contributed by atoms with E-state index in [9.17, 15) is 4.79 Å². The fourth-order valence-electron chi connectivity index (χ4n) is 4.64. The van der Waals surface area contributed by atoms with Gasteiger partial charge < -0.3 is 19.7 Å². The Morgan fingerprint density at radius 2 is 1.97 bits per heavy atom. The fraction of sp³-hybridized carbons (Fsp3) is 0.400. The number of nitrogens with zero attached hydrogens (tertiary/aromatic N) is 6. The minimum absolute atomic E-state index is 0.229. The average Bonchev–Trinajstić information content (AvgIpc) is 3.52. The zero-order valence-corrected chi connectivity index (χ0v) is 19.9. The lowest BCUT2D eigenvalue weighted by Gasteiger charge is -2.38. The highest BCUT2D eigenvalue weighted by molar-refractivity contribution is 5.82. The number of carbonyl (C=O) groups is 1. The molecule has 10 nitrogen and oxygen atoms in total. The van der Waals surface area contributed by atoms with Gasteiger partial charge in [0.25, 0.3) is 5.89 Å². The summed E-state index contributed by atoms with van der Waals surface area (Å²) in [6, 6.07) is 10.1. The van der Waals surface area contributed by atoms with E-state index < -0.39 is 0 Å². The smallest absolute Gasteiger partial charge is 0.257 e. The van der Waals surface area contributed by atoms with Crippen LogP contribution in [-0.2, 0) is 4.79 Å². The van der Waals surface area contributed by atoms with Gasteiger partial charge in [0.1, 0.15) is 5.82 Å². The van der Waals surface area contributed by atoms with E-state index in [0.29, 0.717) is 29.5 Å². The summed E-state index contributed by atoms with van der Waals surface area (Å²) in [6.45, 7) is 7.38. The number of H-pyrrole nitrogens is 1. The van der Waals surface area contributed by atoms with Crippen molar-refractivity contribution < 1.29 is 9.32 Å². The molecule has 2 N–H and O–H groups in total. The summed E-state index contributed by atoms with van der Waals surface area (Å²) in [5.74, 6) is 3.06. The number of carbonyl (C=O) groups excluding carboxylic acids is 1. The van der Waals surface area contributed by atoms with Crippen LogP contribution >= 0.6 is 0 Å². The molecule has 0 spiro atoms. The molecule has 1 aliphatic heterocycles. The zero-order chi connectivity index (χ0) is 23.9. The lowest BCUT2D eigenvalue weighted by atomic mass is 10.1. The van der Waals surface area contributed by atoms with Crippen molar-refractivity contribution in [1.29, 1.82) is 0 Å². The Labute approximate surface area is 202 Å². The van der Waals surface area contributed by atoms with Crippen LogP contribution in [0.25, 0.3) is 22.5 Å². The summed E-state index contributed by atoms with van der Waals surface area (Å²) in [5.41, 5.74) is 3.70. The summed E-state index contributed by atoms with van der Waals surface area (Å²) >= 11 is 0. The van der Waals surface area contributed by atoms with Gasteiger partial charge in [0.05, 0.1) is 11.0 Å². The minimum atomic E-state index is 0.229. The average molecular weight is 473 g/mol. The first-order valence-corrected chi connectivity index (χ1v) is 12.1. The van der Waals surface area contributed by atoms with E-state index in [4.69, 9.17) is 4.52 Å². The van der Waals surface area contributed by atoms with Gasteiger partial charge in [0.15, 0.2) is 5.82 Å². The number of benzene rings is 1. The number of imidazole rings is 1. The molecule has 1 amide bonds. The van der Waals surface area contributed by atoms with Gasteiger partial charge in [-0.1, -0.05) is 5.16 Å². The third-order valence-corrected chi connectivity index (χ3v) is 6.87. The van der Waals surface area contributed by atoms with Gasteiger partial charge in [-0.05, 0) is 62.6 Å². The highest BCUT2D eigenvalue weighted by Gasteiger charge is 2.35. The van der Waals surface area contributed by atoms with Crippen LogP contribution in [0, 0.1) is 12.8 Å². The Morgan fingerprint density at radius 3 is 2.71 bits per heavy atom. The van der Waals surface area contributed by atoms with Crippen molar-refractivity contribution >= 4 is 28.7 Å². The number of aromatic amines is 1. The number of aryl methyl sites for hydroxylation is 1. The van der Waals surface area contributed by atoms with Gasteiger partial charge in [0.2, 0.25) is 11.9 Å². The zero-order valence-electron chi connectivity index (χ0n) is 19.9. The molecule has 4 aromatic rings. The Hall–Kier alpha value is -3.79. The first-order chi connectivity index (χ1) is 17.0. The SMILES string of the molecule is Cc1noc(-c2ccc3nc(Nc4cc(C(C)N5CCN(C(=O)C6CC6)CC5)ccn4)[nH]c3c2)n1. The molecule has 180 valence electrons. The number of hydrogen-bond donors (Lipinski definition) is 2. The monoisotopic (exact) mass is 472 g/mol. The molecule has 2 fully saturated rings. The van der Waals surface area contributed by atoms with Crippen molar-refractivity contribution in [3.8, 4) is 11.5 Å². The number of rotatable bonds is 6. The molecule has 0 bridgehead atoms. The van der Waals surface area contributed by atoms with Crippen LogP contribution < -0.4 is 5.32 Å². The van der Waals surface area contributed by atoms with E-state index in [1.807, 2.05) is 29.3 Å². The second-order valence-electron chi connectivity index (χ2n) is 9.37. The molecule has 1 unspecified atom stereocenters. The largest absolute Gasteiger partial charge is 0.340 e. The lowest BCUT2D eigenvalue weighted by molar-refractivity contribution is -0.134. The number of pyridine rings is 1. The van der Waals surface area contributed by atoms with Crippen LogP contribution in [0.2, 0.25) is 0 Å². The fourth-order valence-corrected chi connectivity index (χ4v) is 4.64. The van der Waals surface area contributed by atoms with Crippen LogP contribution in [0.5, 0.6) is 0 Å². The van der Waals surface area contributed by atoms with Crippen LogP contribution in [-0.4, -0.2) is 67.0 Å². The molecule has 35 heavy (non-hydrogen) atoms. The van der Waals surface area contributed by atoms with E-state index in [2.05, 4.69) is 54.4 Å². The first kappa shape index (κ1) is 21.7. The predicted molar refractivity (Wildman–Crippen MR) is 131 cm³/mol. The quantitative estimate of drug-likeness (QED) is 0.437. The molecule has 1 aliphatic carbocycles. The Balaban J connectivity index is 1.14. The highest BCUT2D eigenvalue weighted by Crippen LogP contribution is 2.32. The topological polar surface area (TPSA) is 116 Å². The molecule has 1 aromatic carbocycles. The Bertz CT molecular complexity index is 1370. The number of anilines is 2. The molecule has 2 aliphatic rings. The van der Waals surface area contributed by atoms with E-state index in [-0.39, 0.29) is 6.04 Å². The van der Waals surface area contributed by atoms with Gasteiger partial charge in [-0.15, -0.1) is 0 Å². The summed E-state index contributed by atoms with van der Waals surface area (Å²) in [7, 11) is 0. The second-order valence-corrected chi connectivity index (χ2v) is 9.37. The van der Waals surface area contributed by atoms with Crippen molar-refractivity contribution in [2.24, 2.45) is 5.92 Å². The molecule has 1 saturated carbocycles. The second kappa shape index (κ2) is 8.77. The lowest BCUT2D eigenvalue weighted by Crippen LogP contribution is -2.49. The van der Waals surface area contributed by atoms with Crippen LogP contribution in [0.1, 0.15) is 37.2 Å². The molecule has 3 aromatic heterocycles. The van der Waals surface area contributed by atoms with Crippen LogP contribution in [0.3, 0.4) is 0 Å². The van der Waals surface area contributed by atoms with Crippen molar-refractivity contribution in [2.45, 2.75) is 32.7 Å².